The van der Waals surface area contributed by atoms with Crippen LogP contribution in [0.1, 0.15) is 64.1 Å². The second-order valence-corrected chi connectivity index (χ2v) is 6.99. The van der Waals surface area contributed by atoms with Gasteiger partial charge in [-0.05, 0) is 46.5 Å². The fraction of sp³-hybridized carbons (Fsp3) is 0.812. The molecule has 4 heteroatoms. The van der Waals surface area contributed by atoms with E-state index in [2.05, 4.69) is 36.9 Å². The Bertz CT molecular complexity index is 460. The summed E-state index contributed by atoms with van der Waals surface area (Å²) in [6.07, 6.45) is 9.62. The van der Waals surface area contributed by atoms with Crippen LogP contribution in [0.25, 0.3) is 0 Å². The Balaban J connectivity index is 1.73. The van der Waals surface area contributed by atoms with E-state index in [4.69, 9.17) is 9.72 Å². The summed E-state index contributed by atoms with van der Waals surface area (Å²) in [5.74, 6) is 1.07. The van der Waals surface area contributed by atoms with E-state index < -0.39 is 0 Å². The maximum atomic E-state index is 5.80. The Morgan fingerprint density at radius 1 is 1.30 bits per heavy atom. The van der Waals surface area contributed by atoms with Gasteiger partial charge in [0.25, 0.3) is 0 Å². The molecule has 2 heterocycles. The van der Waals surface area contributed by atoms with Gasteiger partial charge in [0.2, 0.25) is 5.95 Å². The van der Waals surface area contributed by atoms with Crippen molar-refractivity contribution in [2.24, 2.45) is 0 Å². The highest BCUT2D eigenvalue weighted by Gasteiger charge is 2.30. The Kier molecular flexibility index (Phi) is 3.76. The van der Waals surface area contributed by atoms with Crippen LogP contribution in [0.2, 0.25) is 0 Å². The predicted molar refractivity (Wildman–Crippen MR) is 81.1 cm³/mol. The first kappa shape index (κ1) is 13.9. The van der Waals surface area contributed by atoms with Gasteiger partial charge in [-0.25, -0.2) is 4.98 Å². The molecule has 2 aliphatic rings. The summed E-state index contributed by atoms with van der Waals surface area (Å²) >= 11 is 0. The second-order valence-electron chi connectivity index (χ2n) is 6.99. The van der Waals surface area contributed by atoms with Gasteiger partial charge in [0.15, 0.2) is 0 Å². The van der Waals surface area contributed by atoms with Crippen molar-refractivity contribution in [3.05, 3.63) is 11.9 Å². The summed E-state index contributed by atoms with van der Waals surface area (Å²) in [7, 11) is 0. The third-order valence-electron chi connectivity index (χ3n) is 4.60. The summed E-state index contributed by atoms with van der Waals surface area (Å²) in [5.41, 5.74) is 1.10. The fourth-order valence-electron chi connectivity index (χ4n) is 3.62. The average molecular weight is 277 g/mol. The van der Waals surface area contributed by atoms with Crippen LogP contribution < -0.4 is 5.32 Å². The monoisotopic (exact) mass is 277 g/mol. The Morgan fingerprint density at radius 2 is 2.05 bits per heavy atom. The Hall–Kier alpha value is -1.03. The molecule has 2 fully saturated rings. The van der Waals surface area contributed by atoms with Crippen molar-refractivity contribution in [1.29, 1.82) is 0 Å². The summed E-state index contributed by atoms with van der Waals surface area (Å²) in [4.78, 5) is 4.71. The molecule has 1 atom stereocenters. The van der Waals surface area contributed by atoms with Crippen LogP contribution >= 0.6 is 0 Å². The van der Waals surface area contributed by atoms with E-state index in [-0.39, 0.29) is 5.60 Å². The van der Waals surface area contributed by atoms with E-state index in [0.29, 0.717) is 12.1 Å². The first-order valence-electron chi connectivity index (χ1n) is 7.99. The zero-order valence-corrected chi connectivity index (χ0v) is 13.0. The topological polar surface area (TPSA) is 39.1 Å². The molecule has 1 aliphatic heterocycles. The molecule has 1 aromatic rings. The van der Waals surface area contributed by atoms with Crippen molar-refractivity contribution in [2.75, 3.05) is 11.9 Å². The van der Waals surface area contributed by atoms with Crippen molar-refractivity contribution in [1.82, 2.24) is 9.55 Å². The van der Waals surface area contributed by atoms with Crippen LogP contribution in [-0.4, -0.2) is 27.8 Å². The summed E-state index contributed by atoms with van der Waals surface area (Å²) in [6, 6.07) is 1.12. The average Bonchev–Trinajstić information content (AvgIpc) is 2.97. The van der Waals surface area contributed by atoms with Gasteiger partial charge in [0.05, 0.1) is 11.3 Å². The molecule has 0 aromatic carbocycles. The van der Waals surface area contributed by atoms with E-state index in [1.807, 2.05) is 0 Å². The van der Waals surface area contributed by atoms with E-state index in [1.54, 1.807) is 0 Å². The molecule has 0 amide bonds. The number of rotatable bonds is 3. The van der Waals surface area contributed by atoms with Crippen molar-refractivity contribution in [3.63, 3.8) is 0 Å². The molecule has 4 nitrogen and oxygen atoms in total. The normalized spacial score (nSPS) is 26.9. The number of aromatic nitrogens is 2. The van der Waals surface area contributed by atoms with Gasteiger partial charge >= 0.3 is 0 Å². The first-order valence-corrected chi connectivity index (χ1v) is 7.99. The molecular formula is C16H27N3O. The van der Waals surface area contributed by atoms with Crippen molar-refractivity contribution >= 4 is 5.95 Å². The molecule has 20 heavy (non-hydrogen) atoms. The van der Waals surface area contributed by atoms with Crippen LogP contribution in [-0.2, 0) is 4.74 Å². The highest BCUT2D eigenvalue weighted by Crippen LogP contribution is 2.33. The number of nitrogens with zero attached hydrogens (tertiary/aromatic N) is 2. The summed E-state index contributed by atoms with van der Waals surface area (Å²) < 4.78 is 8.18. The van der Waals surface area contributed by atoms with Crippen molar-refractivity contribution in [2.45, 2.75) is 77.0 Å². The minimum Gasteiger partial charge on any atom is -0.375 e. The highest BCUT2D eigenvalue weighted by atomic mass is 16.5. The van der Waals surface area contributed by atoms with Gasteiger partial charge in [-0.1, -0.05) is 12.8 Å². The lowest BCUT2D eigenvalue weighted by Crippen LogP contribution is -2.40. The number of nitrogens with one attached hydrogen (secondary N) is 1. The molecule has 1 aromatic heterocycles. The zero-order chi connectivity index (χ0) is 14.2. The third kappa shape index (κ3) is 3.00. The molecule has 3 rings (SSSR count). The lowest BCUT2D eigenvalue weighted by Gasteiger charge is -2.36. The molecule has 1 saturated carbocycles. The van der Waals surface area contributed by atoms with E-state index >= 15 is 0 Å². The number of hydrogen-bond donors (Lipinski definition) is 1. The Labute approximate surface area is 121 Å². The SMILES string of the molecule is Cc1cn(C2CCCC2)c(NC2CCOC(C)(C)C2)n1. The molecule has 0 spiro atoms. The number of hydrogen-bond acceptors (Lipinski definition) is 3. The smallest absolute Gasteiger partial charge is 0.203 e. The fourth-order valence-corrected chi connectivity index (χ4v) is 3.62. The van der Waals surface area contributed by atoms with Gasteiger partial charge in [0, 0.05) is 24.9 Å². The largest absolute Gasteiger partial charge is 0.375 e. The summed E-state index contributed by atoms with van der Waals surface area (Å²) in [6.45, 7) is 7.28. The van der Waals surface area contributed by atoms with E-state index in [9.17, 15) is 0 Å². The van der Waals surface area contributed by atoms with Crippen molar-refractivity contribution in [3.8, 4) is 0 Å². The maximum Gasteiger partial charge on any atom is 0.203 e. The minimum absolute atomic E-state index is 0.0181. The molecule has 1 N–H and O–H groups in total. The maximum absolute atomic E-state index is 5.80. The third-order valence-corrected chi connectivity index (χ3v) is 4.60. The van der Waals surface area contributed by atoms with Crippen LogP contribution in [0, 0.1) is 6.92 Å². The highest BCUT2D eigenvalue weighted by molar-refractivity contribution is 5.31. The molecule has 1 aliphatic carbocycles. The lowest BCUT2D eigenvalue weighted by atomic mass is 9.94. The van der Waals surface area contributed by atoms with Crippen LogP contribution in [0.5, 0.6) is 0 Å². The predicted octanol–water partition coefficient (Wildman–Crippen LogP) is 3.68. The molecule has 1 unspecified atom stereocenters. The standard InChI is InChI=1S/C16H27N3O/c1-12-11-19(14-6-4-5-7-14)15(17-12)18-13-8-9-20-16(2,3)10-13/h11,13-14H,4-10H2,1-3H3,(H,17,18). The van der Waals surface area contributed by atoms with Gasteiger partial charge in [-0.15, -0.1) is 0 Å². The quantitative estimate of drug-likeness (QED) is 0.916. The van der Waals surface area contributed by atoms with Gasteiger partial charge in [-0.3, -0.25) is 0 Å². The molecular weight excluding hydrogens is 250 g/mol. The van der Waals surface area contributed by atoms with Gasteiger partial charge in [-0.2, -0.15) is 0 Å². The second kappa shape index (κ2) is 5.40. The van der Waals surface area contributed by atoms with E-state index in [0.717, 1.165) is 31.1 Å². The Morgan fingerprint density at radius 3 is 2.75 bits per heavy atom. The summed E-state index contributed by atoms with van der Waals surface area (Å²) in [5, 5.41) is 3.67. The van der Waals surface area contributed by atoms with Crippen LogP contribution in [0.4, 0.5) is 5.95 Å². The van der Waals surface area contributed by atoms with Gasteiger partial charge in [0.1, 0.15) is 0 Å². The number of ether oxygens (including phenoxy) is 1. The minimum atomic E-state index is -0.0181. The van der Waals surface area contributed by atoms with E-state index in [1.165, 1.54) is 25.7 Å². The molecule has 0 radical (unpaired) electrons. The number of aryl methyl sites for hydroxylation is 1. The van der Waals surface area contributed by atoms with Gasteiger partial charge < -0.3 is 14.6 Å². The van der Waals surface area contributed by atoms with Crippen LogP contribution in [0.3, 0.4) is 0 Å². The molecule has 112 valence electrons. The number of imidazole rings is 1. The lowest BCUT2D eigenvalue weighted by molar-refractivity contribution is -0.0554. The number of anilines is 1. The first-order chi connectivity index (χ1) is 9.53. The molecule has 0 bridgehead atoms. The van der Waals surface area contributed by atoms with Crippen molar-refractivity contribution < 1.29 is 4.74 Å². The molecule has 1 saturated heterocycles. The zero-order valence-electron chi connectivity index (χ0n) is 13.0. The van der Waals surface area contributed by atoms with Crippen LogP contribution in [0.15, 0.2) is 6.20 Å².